The predicted molar refractivity (Wildman–Crippen MR) is 101 cm³/mol. The van der Waals surface area contributed by atoms with Crippen molar-refractivity contribution < 1.29 is 14.0 Å². The van der Waals surface area contributed by atoms with Crippen LogP contribution < -0.4 is 10.6 Å². The molecule has 0 radical (unpaired) electrons. The highest BCUT2D eigenvalue weighted by Crippen LogP contribution is 2.39. The number of fused-ring (bicyclic) bond motifs is 3. The summed E-state index contributed by atoms with van der Waals surface area (Å²) in [6, 6.07) is 13.6. The minimum Gasteiger partial charge on any atom is -0.459 e. The lowest BCUT2D eigenvalue weighted by atomic mass is 9.91. The van der Waals surface area contributed by atoms with Gasteiger partial charge >= 0.3 is 0 Å². The van der Waals surface area contributed by atoms with Gasteiger partial charge in [-0.25, -0.2) is 0 Å². The number of rotatable bonds is 5. The molecule has 4 rings (SSSR count). The molecule has 1 aliphatic carbocycles. The van der Waals surface area contributed by atoms with Gasteiger partial charge in [0.25, 0.3) is 11.8 Å². The van der Waals surface area contributed by atoms with E-state index in [1.807, 2.05) is 12.1 Å². The number of furan rings is 1. The number of nitrogens with one attached hydrogen (secondary N) is 2. The van der Waals surface area contributed by atoms with Gasteiger partial charge in [-0.05, 0) is 47.7 Å². The van der Waals surface area contributed by atoms with E-state index in [0.717, 1.165) is 12.8 Å². The van der Waals surface area contributed by atoms with Gasteiger partial charge in [0.1, 0.15) is 0 Å². The van der Waals surface area contributed by atoms with Gasteiger partial charge in [-0.2, -0.15) is 0 Å². The molecule has 3 aromatic rings. The number of aryl methyl sites for hydroxylation is 2. The summed E-state index contributed by atoms with van der Waals surface area (Å²) < 4.78 is 5.02. The first-order chi connectivity index (χ1) is 12.7. The van der Waals surface area contributed by atoms with Gasteiger partial charge in [-0.3, -0.25) is 9.59 Å². The molecule has 0 bridgehead atoms. The lowest BCUT2D eigenvalue weighted by Gasteiger charge is -2.15. The Kier molecular flexibility index (Phi) is 4.58. The first-order valence-corrected chi connectivity index (χ1v) is 9.35. The summed E-state index contributed by atoms with van der Waals surface area (Å²) >= 11 is 1.53. The average Bonchev–Trinajstić information content (AvgIpc) is 3.34. The lowest BCUT2D eigenvalue weighted by molar-refractivity contribution is 0.0911. The summed E-state index contributed by atoms with van der Waals surface area (Å²) in [6.07, 6.45) is 3.43. The Bertz CT molecular complexity index is 944. The van der Waals surface area contributed by atoms with Crippen LogP contribution in [0.5, 0.6) is 0 Å². The maximum Gasteiger partial charge on any atom is 0.287 e. The van der Waals surface area contributed by atoms with Crippen LogP contribution >= 0.6 is 11.3 Å². The molecule has 2 aromatic heterocycles. The molecule has 0 saturated carbocycles. The monoisotopic (exact) mass is 366 g/mol. The van der Waals surface area contributed by atoms with E-state index in [1.54, 1.807) is 12.1 Å². The zero-order valence-corrected chi connectivity index (χ0v) is 14.9. The third-order valence-corrected chi connectivity index (χ3v) is 5.61. The Labute approximate surface area is 155 Å². The molecule has 1 aromatic carbocycles. The molecule has 6 heteroatoms. The van der Waals surface area contributed by atoms with E-state index in [2.05, 4.69) is 28.8 Å². The quantitative estimate of drug-likeness (QED) is 0.681. The molecular formula is C20H18N2O3S. The van der Waals surface area contributed by atoms with Crippen molar-refractivity contribution in [3.8, 4) is 10.4 Å². The maximum absolute atomic E-state index is 12.4. The molecule has 132 valence electrons. The van der Waals surface area contributed by atoms with Crippen LogP contribution in [0, 0.1) is 0 Å². The minimum absolute atomic E-state index is 0.103. The van der Waals surface area contributed by atoms with Crippen molar-refractivity contribution in [2.75, 3.05) is 13.1 Å². The first kappa shape index (κ1) is 16.6. The first-order valence-electron chi connectivity index (χ1n) is 8.53. The van der Waals surface area contributed by atoms with E-state index in [-0.39, 0.29) is 17.6 Å². The molecule has 0 spiro atoms. The molecule has 0 fully saturated rings. The molecule has 0 aliphatic heterocycles. The van der Waals surface area contributed by atoms with Crippen LogP contribution in [-0.4, -0.2) is 24.9 Å². The molecule has 2 amide bonds. The summed E-state index contributed by atoms with van der Waals surface area (Å²) in [6.45, 7) is 0.712. The average molecular weight is 366 g/mol. The maximum atomic E-state index is 12.4. The molecule has 26 heavy (non-hydrogen) atoms. The highest BCUT2D eigenvalue weighted by molar-refractivity contribution is 7.17. The molecule has 0 atom stereocenters. The second-order valence-electron chi connectivity index (χ2n) is 6.11. The summed E-state index contributed by atoms with van der Waals surface area (Å²) in [5.41, 5.74) is 3.82. The van der Waals surface area contributed by atoms with Crippen molar-refractivity contribution in [3.63, 3.8) is 0 Å². The Morgan fingerprint density at radius 3 is 2.54 bits per heavy atom. The van der Waals surface area contributed by atoms with Crippen LogP contribution in [0.15, 0.2) is 53.1 Å². The van der Waals surface area contributed by atoms with Crippen molar-refractivity contribution in [2.45, 2.75) is 12.8 Å². The van der Waals surface area contributed by atoms with Crippen molar-refractivity contribution in [3.05, 3.63) is 70.5 Å². The zero-order valence-electron chi connectivity index (χ0n) is 14.1. The van der Waals surface area contributed by atoms with E-state index < -0.39 is 0 Å². The predicted octanol–water partition coefficient (Wildman–Crippen LogP) is 3.27. The normalized spacial score (nSPS) is 12.2. The van der Waals surface area contributed by atoms with E-state index in [4.69, 9.17) is 4.42 Å². The topological polar surface area (TPSA) is 71.3 Å². The number of carbonyl (C=O) groups excluding carboxylic acids is 2. The van der Waals surface area contributed by atoms with Crippen LogP contribution in [0.1, 0.15) is 31.4 Å². The SMILES string of the molecule is O=C(NCCNC(=O)c1cc2c(s1)-c1ccccc1CC2)c1ccco1. The fraction of sp³-hybridized carbons (Fsp3) is 0.200. The van der Waals surface area contributed by atoms with E-state index >= 15 is 0 Å². The molecule has 0 unspecified atom stereocenters. The van der Waals surface area contributed by atoms with Crippen LogP contribution in [0.25, 0.3) is 10.4 Å². The third-order valence-electron chi connectivity index (χ3n) is 4.40. The number of carbonyl (C=O) groups is 2. The van der Waals surface area contributed by atoms with E-state index in [0.29, 0.717) is 18.0 Å². The Hall–Kier alpha value is -2.86. The van der Waals surface area contributed by atoms with Crippen LogP contribution in [0.3, 0.4) is 0 Å². The lowest BCUT2D eigenvalue weighted by Crippen LogP contribution is -2.34. The Morgan fingerprint density at radius 1 is 0.962 bits per heavy atom. The molecule has 2 N–H and O–H groups in total. The molecule has 2 heterocycles. The largest absolute Gasteiger partial charge is 0.459 e. The van der Waals surface area contributed by atoms with Crippen LogP contribution in [-0.2, 0) is 12.8 Å². The van der Waals surface area contributed by atoms with Gasteiger partial charge in [0.15, 0.2) is 5.76 Å². The van der Waals surface area contributed by atoms with Crippen molar-refractivity contribution in [2.24, 2.45) is 0 Å². The highest BCUT2D eigenvalue weighted by atomic mass is 32.1. The van der Waals surface area contributed by atoms with Gasteiger partial charge < -0.3 is 15.1 Å². The zero-order chi connectivity index (χ0) is 17.9. The van der Waals surface area contributed by atoms with Gasteiger partial charge in [0.2, 0.25) is 0 Å². The van der Waals surface area contributed by atoms with E-state index in [9.17, 15) is 9.59 Å². The van der Waals surface area contributed by atoms with Crippen LogP contribution in [0.2, 0.25) is 0 Å². The third kappa shape index (κ3) is 3.28. The minimum atomic E-state index is -0.285. The van der Waals surface area contributed by atoms with Crippen molar-refractivity contribution in [1.29, 1.82) is 0 Å². The fourth-order valence-electron chi connectivity index (χ4n) is 3.12. The molecular weight excluding hydrogens is 348 g/mol. The Morgan fingerprint density at radius 2 is 1.73 bits per heavy atom. The summed E-state index contributed by atoms with van der Waals surface area (Å²) in [7, 11) is 0. The van der Waals surface area contributed by atoms with Gasteiger partial charge in [-0.1, -0.05) is 24.3 Å². The van der Waals surface area contributed by atoms with Gasteiger partial charge in [-0.15, -0.1) is 11.3 Å². The van der Waals surface area contributed by atoms with Crippen molar-refractivity contribution >= 4 is 23.2 Å². The number of hydrogen-bond acceptors (Lipinski definition) is 4. The Balaban J connectivity index is 1.35. The standard InChI is InChI=1S/C20H18N2O3S/c23-19(16-6-3-11-25-16)21-9-10-22-20(24)17-12-14-8-7-13-4-1-2-5-15(13)18(14)26-17/h1-6,11-12H,7-10H2,(H,21,23)(H,22,24). The van der Waals surface area contributed by atoms with Crippen LogP contribution in [0.4, 0.5) is 0 Å². The second-order valence-corrected chi connectivity index (χ2v) is 7.16. The number of thiophene rings is 1. The molecule has 1 aliphatic rings. The fourth-order valence-corrected chi connectivity index (χ4v) is 4.30. The second kappa shape index (κ2) is 7.17. The highest BCUT2D eigenvalue weighted by Gasteiger charge is 2.21. The number of hydrogen-bond donors (Lipinski definition) is 2. The van der Waals surface area contributed by atoms with Gasteiger partial charge in [0, 0.05) is 18.0 Å². The summed E-state index contributed by atoms with van der Waals surface area (Å²) in [4.78, 5) is 26.1. The molecule has 0 saturated heterocycles. The number of benzene rings is 1. The number of amides is 2. The molecule has 5 nitrogen and oxygen atoms in total. The summed E-state index contributed by atoms with van der Waals surface area (Å²) in [5, 5.41) is 5.57. The van der Waals surface area contributed by atoms with E-state index in [1.165, 1.54) is 39.2 Å². The summed E-state index contributed by atoms with van der Waals surface area (Å²) in [5.74, 6) is -0.123. The van der Waals surface area contributed by atoms with Gasteiger partial charge in [0.05, 0.1) is 11.1 Å². The smallest absolute Gasteiger partial charge is 0.287 e. The van der Waals surface area contributed by atoms with Crippen molar-refractivity contribution in [1.82, 2.24) is 10.6 Å².